The second-order valence-corrected chi connectivity index (χ2v) is 5.20. The molecular weight excluding hydrogens is 290 g/mol. The van der Waals surface area contributed by atoms with Gasteiger partial charge in [0, 0.05) is 20.1 Å². The van der Waals surface area contributed by atoms with Gasteiger partial charge in [0.05, 0.1) is 6.61 Å². The number of ether oxygens (including phenoxy) is 2. The van der Waals surface area contributed by atoms with Gasteiger partial charge in [-0.2, -0.15) is 0 Å². The van der Waals surface area contributed by atoms with E-state index in [0.29, 0.717) is 26.2 Å². The lowest BCUT2D eigenvalue weighted by Crippen LogP contribution is -2.21. The molecule has 0 fully saturated rings. The Kier molecular flexibility index (Phi) is 6.63. The first-order valence-electron chi connectivity index (χ1n) is 7.80. The molecule has 0 aliphatic carbocycles. The zero-order chi connectivity index (χ0) is 16.5. The van der Waals surface area contributed by atoms with Crippen LogP contribution >= 0.6 is 0 Å². The van der Waals surface area contributed by atoms with Crippen molar-refractivity contribution < 1.29 is 14.3 Å². The van der Waals surface area contributed by atoms with E-state index >= 15 is 0 Å². The zero-order valence-electron chi connectivity index (χ0n) is 13.7. The van der Waals surface area contributed by atoms with Crippen LogP contribution in [0.3, 0.4) is 0 Å². The topological polar surface area (TPSA) is 47.6 Å². The number of rotatable bonds is 8. The summed E-state index contributed by atoms with van der Waals surface area (Å²) in [7, 11) is 1.66. The first kappa shape index (κ1) is 17.0. The van der Waals surface area contributed by atoms with Gasteiger partial charge in [0.25, 0.3) is 0 Å². The number of carbonyl (C=O) groups excluding carboxylic acids is 1. The third kappa shape index (κ3) is 5.42. The SMILES string of the molecule is CCC(=O)NCc1cccc(-c2ccc(OCCOC)cc2)c1. The van der Waals surface area contributed by atoms with Crippen molar-refractivity contribution in [1.82, 2.24) is 5.32 Å². The molecule has 0 aromatic heterocycles. The average molecular weight is 313 g/mol. The minimum Gasteiger partial charge on any atom is -0.491 e. The van der Waals surface area contributed by atoms with Crippen molar-refractivity contribution in [2.24, 2.45) is 0 Å². The molecule has 122 valence electrons. The highest BCUT2D eigenvalue weighted by Gasteiger charge is 2.02. The van der Waals surface area contributed by atoms with Crippen LogP contribution in [0.2, 0.25) is 0 Å². The largest absolute Gasteiger partial charge is 0.491 e. The molecule has 0 bridgehead atoms. The Morgan fingerprint density at radius 2 is 1.83 bits per heavy atom. The summed E-state index contributed by atoms with van der Waals surface area (Å²) in [6, 6.07) is 16.2. The van der Waals surface area contributed by atoms with Gasteiger partial charge in [-0.25, -0.2) is 0 Å². The molecule has 4 heteroatoms. The minimum atomic E-state index is 0.0629. The Labute approximate surface area is 137 Å². The highest BCUT2D eigenvalue weighted by atomic mass is 16.5. The number of benzene rings is 2. The van der Waals surface area contributed by atoms with Crippen LogP contribution in [0.5, 0.6) is 5.75 Å². The molecule has 23 heavy (non-hydrogen) atoms. The monoisotopic (exact) mass is 313 g/mol. The van der Waals surface area contributed by atoms with Crippen LogP contribution in [0.4, 0.5) is 0 Å². The molecular formula is C19H23NO3. The molecule has 0 unspecified atom stereocenters. The molecule has 0 aliphatic heterocycles. The van der Waals surface area contributed by atoms with Crippen LogP contribution in [-0.4, -0.2) is 26.2 Å². The van der Waals surface area contributed by atoms with E-state index < -0.39 is 0 Å². The molecule has 0 saturated carbocycles. The first-order valence-corrected chi connectivity index (χ1v) is 7.80. The zero-order valence-corrected chi connectivity index (χ0v) is 13.7. The van der Waals surface area contributed by atoms with Crippen LogP contribution in [0, 0.1) is 0 Å². The number of carbonyl (C=O) groups is 1. The number of methoxy groups -OCH3 is 1. The number of amides is 1. The van der Waals surface area contributed by atoms with E-state index in [2.05, 4.69) is 17.4 Å². The smallest absolute Gasteiger partial charge is 0.219 e. The van der Waals surface area contributed by atoms with Gasteiger partial charge in [0.2, 0.25) is 5.91 Å². The van der Waals surface area contributed by atoms with E-state index in [4.69, 9.17) is 9.47 Å². The maximum absolute atomic E-state index is 11.4. The highest BCUT2D eigenvalue weighted by Crippen LogP contribution is 2.23. The summed E-state index contributed by atoms with van der Waals surface area (Å²) >= 11 is 0. The molecule has 0 spiro atoms. The molecule has 2 rings (SSSR count). The minimum absolute atomic E-state index is 0.0629. The molecule has 1 amide bonds. The van der Waals surface area contributed by atoms with Crippen LogP contribution in [0.1, 0.15) is 18.9 Å². The standard InChI is InChI=1S/C19H23NO3/c1-3-19(21)20-14-15-5-4-6-17(13-15)16-7-9-18(10-8-16)23-12-11-22-2/h4-10,13H,3,11-12,14H2,1-2H3,(H,20,21). The Morgan fingerprint density at radius 1 is 1.04 bits per heavy atom. The van der Waals surface area contributed by atoms with Gasteiger partial charge < -0.3 is 14.8 Å². The summed E-state index contributed by atoms with van der Waals surface area (Å²) in [5.74, 6) is 0.894. The summed E-state index contributed by atoms with van der Waals surface area (Å²) in [6.07, 6.45) is 0.504. The lowest BCUT2D eigenvalue weighted by atomic mass is 10.0. The third-order valence-electron chi connectivity index (χ3n) is 3.48. The van der Waals surface area contributed by atoms with Gasteiger partial charge >= 0.3 is 0 Å². The Bertz CT molecular complexity index is 623. The van der Waals surface area contributed by atoms with Crippen molar-refractivity contribution in [1.29, 1.82) is 0 Å². The molecule has 0 saturated heterocycles. The lowest BCUT2D eigenvalue weighted by Gasteiger charge is -2.09. The number of nitrogens with one attached hydrogen (secondary N) is 1. The summed E-state index contributed by atoms with van der Waals surface area (Å²) < 4.78 is 10.5. The predicted molar refractivity (Wildman–Crippen MR) is 91.4 cm³/mol. The van der Waals surface area contributed by atoms with Crippen LogP contribution < -0.4 is 10.1 Å². The highest BCUT2D eigenvalue weighted by molar-refractivity contribution is 5.75. The third-order valence-corrected chi connectivity index (χ3v) is 3.48. The van der Waals surface area contributed by atoms with Gasteiger partial charge in [0.1, 0.15) is 12.4 Å². The van der Waals surface area contributed by atoms with Gasteiger partial charge in [0.15, 0.2) is 0 Å². The van der Waals surface area contributed by atoms with Crippen LogP contribution in [-0.2, 0) is 16.1 Å². The van der Waals surface area contributed by atoms with Gasteiger partial charge in [-0.05, 0) is 34.9 Å². The molecule has 0 radical (unpaired) electrons. The summed E-state index contributed by atoms with van der Waals surface area (Å²) in [4.78, 5) is 11.4. The average Bonchev–Trinajstić information content (AvgIpc) is 2.61. The van der Waals surface area contributed by atoms with Crippen molar-refractivity contribution in [3.63, 3.8) is 0 Å². The van der Waals surface area contributed by atoms with E-state index in [1.807, 2.05) is 43.3 Å². The second kappa shape index (κ2) is 8.96. The quantitative estimate of drug-likeness (QED) is 0.760. The Balaban J connectivity index is 2.02. The maximum atomic E-state index is 11.4. The van der Waals surface area contributed by atoms with Gasteiger partial charge in [-0.15, -0.1) is 0 Å². The normalized spacial score (nSPS) is 10.3. The molecule has 2 aromatic carbocycles. The molecule has 0 atom stereocenters. The second-order valence-electron chi connectivity index (χ2n) is 5.20. The van der Waals surface area contributed by atoms with Crippen LogP contribution in [0.15, 0.2) is 48.5 Å². The van der Waals surface area contributed by atoms with E-state index in [1.54, 1.807) is 7.11 Å². The Hall–Kier alpha value is -2.33. The van der Waals surface area contributed by atoms with Crippen LogP contribution in [0.25, 0.3) is 11.1 Å². The fraction of sp³-hybridized carbons (Fsp3) is 0.316. The molecule has 4 nitrogen and oxygen atoms in total. The number of hydrogen-bond acceptors (Lipinski definition) is 3. The van der Waals surface area contributed by atoms with Gasteiger partial charge in [-0.3, -0.25) is 4.79 Å². The van der Waals surface area contributed by atoms with Gasteiger partial charge in [-0.1, -0.05) is 37.3 Å². The lowest BCUT2D eigenvalue weighted by molar-refractivity contribution is -0.120. The maximum Gasteiger partial charge on any atom is 0.219 e. The fourth-order valence-corrected chi connectivity index (χ4v) is 2.17. The predicted octanol–water partition coefficient (Wildman–Crippen LogP) is 3.41. The first-order chi connectivity index (χ1) is 11.2. The molecule has 0 aliphatic rings. The molecule has 2 aromatic rings. The number of hydrogen-bond donors (Lipinski definition) is 1. The van der Waals surface area contributed by atoms with Crippen molar-refractivity contribution in [3.8, 4) is 16.9 Å². The summed E-state index contributed by atoms with van der Waals surface area (Å²) in [6.45, 7) is 3.52. The van der Waals surface area contributed by atoms with Crippen molar-refractivity contribution in [2.75, 3.05) is 20.3 Å². The summed E-state index contributed by atoms with van der Waals surface area (Å²) in [5.41, 5.74) is 3.33. The summed E-state index contributed by atoms with van der Waals surface area (Å²) in [5, 5.41) is 2.89. The van der Waals surface area contributed by atoms with Crippen molar-refractivity contribution >= 4 is 5.91 Å². The van der Waals surface area contributed by atoms with E-state index in [-0.39, 0.29) is 5.91 Å². The van der Waals surface area contributed by atoms with E-state index in [1.165, 1.54) is 0 Å². The van der Waals surface area contributed by atoms with Crippen molar-refractivity contribution in [3.05, 3.63) is 54.1 Å². The van der Waals surface area contributed by atoms with E-state index in [0.717, 1.165) is 22.4 Å². The molecule has 1 N–H and O–H groups in total. The Morgan fingerprint density at radius 3 is 2.52 bits per heavy atom. The van der Waals surface area contributed by atoms with E-state index in [9.17, 15) is 4.79 Å². The van der Waals surface area contributed by atoms with Crippen molar-refractivity contribution in [2.45, 2.75) is 19.9 Å². The fourth-order valence-electron chi connectivity index (χ4n) is 2.17. The molecule has 0 heterocycles.